The Kier molecular flexibility index (Phi) is 9.86. The SMILES string of the molecule is C=Cc1nn(PI)c2cnc(-c3cnn(C)c3OC(C)CN(CC)C(=O)C(F)(F)F)cc12.CC. The number of halogens is 4. The standard InChI is InChI=1S/C19H21F3IN6O2P.C2H6/c1-5-14-12-7-15(24-9-16(12)29(26-14)32-23)13-8-25-27(4)17(13)31-11(3)10-28(6-2)18(30)19(20,21)22;1-2/h5,7-9,11,32H,1,6,10H2,2-4H3;1-2H3. The molecule has 13 heteroatoms. The van der Waals surface area contributed by atoms with Gasteiger partial charge in [-0.15, -0.1) is 0 Å². The lowest BCUT2D eigenvalue weighted by Crippen LogP contribution is -2.45. The van der Waals surface area contributed by atoms with Crippen molar-refractivity contribution in [2.75, 3.05) is 13.1 Å². The molecule has 0 fully saturated rings. The number of pyridine rings is 1. The zero-order valence-electron chi connectivity index (χ0n) is 19.5. The second kappa shape index (κ2) is 12.0. The molecule has 0 spiro atoms. The van der Waals surface area contributed by atoms with E-state index in [9.17, 15) is 18.0 Å². The first-order chi connectivity index (χ1) is 16.1. The van der Waals surface area contributed by atoms with E-state index in [1.807, 2.05) is 24.4 Å². The predicted octanol–water partition coefficient (Wildman–Crippen LogP) is 5.47. The van der Waals surface area contributed by atoms with Crippen molar-refractivity contribution in [3.8, 4) is 17.1 Å². The van der Waals surface area contributed by atoms with Gasteiger partial charge in [-0.2, -0.15) is 23.4 Å². The van der Waals surface area contributed by atoms with Crippen LogP contribution in [0, 0.1) is 0 Å². The summed E-state index contributed by atoms with van der Waals surface area (Å²) in [6.07, 6.45) is -0.307. The number of carbonyl (C=O) groups excluding carboxylic acids is 1. The summed E-state index contributed by atoms with van der Waals surface area (Å²) < 4.78 is 47.7. The molecule has 2 unspecified atom stereocenters. The third-order valence-electron chi connectivity index (χ3n) is 4.73. The number of nitrogens with zero attached hydrogens (tertiary/aromatic N) is 6. The molecule has 0 aliphatic rings. The Morgan fingerprint density at radius 3 is 2.62 bits per heavy atom. The highest BCUT2D eigenvalue weighted by Gasteiger charge is 2.42. The molecule has 3 aromatic rings. The number of alkyl halides is 3. The van der Waals surface area contributed by atoms with Crippen LogP contribution in [0.3, 0.4) is 0 Å². The van der Waals surface area contributed by atoms with Crippen LogP contribution in [0.25, 0.3) is 28.2 Å². The molecule has 34 heavy (non-hydrogen) atoms. The average Bonchev–Trinajstić information content (AvgIpc) is 3.37. The number of likely N-dealkylation sites (N-methyl/N-ethyl adjacent to an activating group) is 1. The summed E-state index contributed by atoms with van der Waals surface area (Å²) in [5.41, 5.74) is 2.73. The zero-order chi connectivity index (χ0) is 25.6. The van der Waals surface area contributed by atoms with Crippen molar-refractivity contribution in [2.24, 2.45) is 7.05 Å². The van der Waals surface area contributed by atoms with Crippen LogP contribution in [0.2, 0.25) is 0 Å². The molecule has 0 aromatic carbocycles. The molecule has 3 rings (SSSR count). The van der Waals surface area contributed by atoms with E-state index in [1.54, 1.807) is 32.4 Å². The van der Waals surface area contributed by atoms with E-state index < -0.39 is 18.2 Å². The zero-order valence-corrected chi connectivity index (χ0v) is 22.7. The van der Waals surface area contributed by atoms with Crippen molar-refractivity contribution in [3.63, 3.8) is 0 Å². The fourth-order valence-electron chi connectivity index (χ4n) is 3.21. The lowest BCUT2D eigenvalue weighted by Gasteiger charge is -2.26. The highest BCUT2D eigenvalue weighted by atomic mass is 127. The number of amides is 1. The Morgan fingerprint density at radius 2 is 2.06 bits per heavy atom. The monoisotopic (exact) mass is 610 g/mol. The molecular weight excluding hydrogens is 583 g/mol. The smallest absolute Gasteiger partial charge is 0.471 e. The van der Waals surface area contributed by atoms with Crippen LogP contribution in [0.5, 0.6) is 5.88 Å². The highest BCUT2D eigenvalue weighted by Crippen LogP contribution is 2.35. The number of aromatic nitrogens is 5. The highest BCUT2D eigenvalue weighted by molar-refractivity contribution is 14.2. The summed E-state index contributed by atoms with van der Waals surface area (Å²) in [7, 11) is 1.66. The molecule has 0 bridgehead atoms. The van der Waals surface area contributed by atoms with Gasteiger partial charge in [-0.3, -0.25) is 9.78 Å². The molecule has 0 saturated heterocycles. The first-order valence-corrected chi connectivity index (χ1v) is 14.6. The van der Waals surface area contributed by atoms with E-state index in [0.29, 0.717) is 28.4 Å². The number of ether oxygens (including phenoxy) is 1. The van der Waals surface area contributed by atoms with Gasteiger partial charge in [0.05, 0.1) is 47.8 Å². The maximum absolute atomic E-state index is 12.8. The van der Waals surface area contributed by atoms with Crippen LogP contribution in [-0.4, -0.2) is 60.5 Å². The lowest BCUT2D eigenvalue weighted by atomic mass is 10.1. The van der Waals surface area contributed by atoms with Crippen LogP contribution >= 0.6 is 28.4 Å². The van der Waals surface area contributed by atoms with Gasteiger partial charge in [0.25, 0.3) is 0 Å². The van der Waals surface area contributed by atoms with Crippen LogP contribution in [-0.2, 0) is 11.8 Å². The molecule has 8 nitrogen and oxygen atoms in total. The van der Waals surface area contributed by atoms with Gasteiger partial charge < -0.3 is 9.64 Å². The molecular formula is C21H27F3IN6O2P. The molecule has 186 valence electrons. The van der Waals surface area contributed by atoms with Gasteiger partial charge in [-0.25, -0.2) is 9.13 Å². The van der Waals surface area contributed by atoms with Crippen molar-refractivity contribution in [2.45, 2.75) is 40.0 Å². The summed E-state index contributed by atoms with van der Waals surface area (Å²) in [5.74, 6) is -1.55. The Hall–Kier alpha value is -2.21. The van der Waals surface area contributed by atoms with Crippen LogP contribution in [0.15, 0.2) is 25.0 Å². The average molecular weight is 610 g/mol. The normalized spacial score (nSPS) is 12.5. The maximum Gasteiger partial charge on any atom is 0.471 e. The van der Waals surface area contributed by atoms with Gasteiger partial charge >= 0.3 is 12.1 Å². The largest absolute Gasteiger partial charge is 0.472 e. The number of rotatable bonds is 8. The van der Waals surface area contributed by atoms with Gasteiger partial charge in [-0.05, 0) is 48.0 Å². The maximum atomic E-state index is 12.8. The van der Waals surface area contributed by atoms with E-state index in [-0.39, 0.29) is 13.1 Å². The van der Waals surface area contributed by atoms with Gasteiger partial charge in [-0.1, -0.05) is 20.4 Å². The summed E-state index contributed by atoms with van der Waals surface area (Å²) >= 11 is 2.23. The van der Waals surface area contributed by atoms with Crippen LogP contribution < -0.4 is 4.74 Å². The van der Waals surface area contributed by atoms with Crippen molar-refractivity contribution >= 4 is 51.3 Å². The minimum Gasteiger partial charge on any atom is -0.472 e. The van der Waals surface area contributed by atoms with E-state index in [1.165, 1.54) is 11.6 Å². The molecule has 0 saturated carbocycles. The van der Waals surface area contributed by atoms with Gasteiger partial charge in [0.1, 0.15) is 6.10 Å². The topological polar surface area (TPSA) is 78.1 Å². The van der Waals surface area contributed by atoms with Crippen LogP contribution in [0.1, 0.15) is 33.4 Å². The minimum atomic E-state index is -4.93. The quantitative estimate of drug-likeness (QED) is 0.250. The van der Waals surface area contributed by atoms with E-state index >= 15 is 0 Å². The molecule has 1 amide bonds. The summed E-state index contributed by atoms with van der Waals surface area (Å²) in [5, 5.41) is 9.58. The van der Waals surface area contributed by atoms with E-state index in [0.717, 1.165) is 16.6 Å². The first-order valence-electron chi connectivity index (χ1n) is 10.5. The number of hydrogen-bond acceptors (Lipinski definition) is 5. The molecule has 3 heterocycles. The Labute approximate surface area is 210 Å². The minimum absolute atomic E-state index is 0.0890. The summed E-state index contributed by atoms with van der Waals surface area (Å²) in [6.45, 7) is 10.6. The van der Waals surface area contributed by atoms with Gasteiger partial charge in [0.2, 0.25) is 5.88 Å². The molecule has 3 aromatic heterocycles. The molecule has 0 aliphatic heterocycles. The van der Waals surface area contributed by atoms with Crippen LogP contribution in [0.4, 0.5) is 13.2 Å². The number of carbonyl (C=O) groups is 1. The molecule has 0 aliphatic carbocycles. The van der Waals surface area contributed by atoms with E-state index in [4.69, 9.17) is 4.74 Å². The predicted molar refractivity (Wildman–Crippen MR) is 137 cm³/mol. The Bertz CT molecular complexity index is 1150. The number of hydrogen-bond donors (Lipinski definition) is 0. The Morgan fingerprint density at radius 1 is 1.38 bits per heavy atom. The molecule has 0 radical (unpaired) electrons. The van der Waals surface area contributed by atoms with Crippen molar-refractivity contribution in [1.82, 2.24) is 29.2 Å². The second-order valence-electron chi connectivity index (χ2n) is 6.93. The fourth-order valence-corrected chi connectivity index (χ4v) is 4.73. The van der Waals surface area contributed by atoms with Crippen molar-refractivity contribution < 1.29 is 22.7 Å². The third-order valence-corrected chi connectivity index (χ3v) is 6.60. The third kappa shape index (κ3) is 6.07. The van der Waals surface area contributed by atoms with Gasteiger partial charge in [0, 0.05) is 19.0 Å². The molecule has 2 atom stereocenters. The van der Waals surface area contributed by atoms with Crippen molar-refractivity contribution in [1.29, 1.82) is 0 Å². The van der Waals surface area contributed by atoms with E-state index in [2.05, 4.69) is 43.8 Å². The first kappa shape index (κ1) is 28.0. The Balaban J connectivity index is 0.00000199. The number of fused-ring (bicyclic) bond motifs is 1. The number of aryl methyl sites for hydroxylation is 1. The summed E-state index contributed by atoms with van der Waals surface area (Å²) in [6, 6.07) is 1.85. The van der Waals surface area contributed by atoms with Crippen molar-refractivity contribution in [3.05, 3.63) is 30.7 Å². The second-order valence-corrected chi connectivity index (χ2v) is 8.97. The summed E-state index contributed by atoms with van der Waals surface area (Å²) in [4.78, 5) is 16.8. The fraction of sp³-hybridized carbons (Fsp3) is 0.429. The lowest BCUT2D eigenvalue weighted by molar-refractivity contribution is -0.186. The molecule has 0 N–H and O–H groups in total. The van der Waals surface area contributed by atoms with Gasteiger partial charge in [0.15, 0.2) is 0 Å².